The smallest absolute Gasteiger partial charge is 0.313 e. The first-order valence-corrected chi connectivity index (χ1v) is 34.2. The molecule has 0 aliphatic carbocycles. The number of anilines is 8. The van der Waals surface area contributed by atoms with Crippen LogP contribution in [0.15, 0.2) is 215 Å². The Balaban J connectivity index is 0.939. The summed E-state index contributed by atoms with van der Waals surface area (Å²) in [7, 11) is -25.4. The number of hydrogen-bond donors (Lipinski definition) is 11. The Morgan fingerprint density at radius 3 is 1.26 bits per heavy atom. The first kappa shape index (κ1) is 71.3. The number of benzene rings is 8. The number of non-ortho nitro benzene ring substituents is 1. The Morgan fingerprint density at radius 1 is 0.416 bits per heavy atom. The van der Waals surface area contributed by atoms with Gasteiger partial charge in [0.1, 0.15) is 71.0 Å². The molecule has 0 saturated carbocycles. The number of halogens is 4. The van der Waals surface area contributed by atoms with Crippen LogP contribution in [-0.2, 0) is 50.5 Å². The van der Waals surface area contributed by atoms with E-state index in [0.29, 0.717) is 24.3 Å². The van der Waals surface area contributed by atoms with Gasteiger partial charge in [0.05, 0.1) is 49.3 Å². The molecule has 518 valence electrons. The molecule has 0 aliphatic rings. The standard InChI is InChI=1S/C54H37F4N21O17S5/c55-41-22-43(66-53(57)64-41)62-29-9-15-37(98(85,86)87)33(19-29)71-74-36-21-35(46(59)51(47(36)60)77-72-34-20-30(10-16-38(34)99(88,89)90)63-44-23-42(56)65-54(58)67-44)73-68-25-1-3-28(4-2-25)78-97(83,84)32-13-7-27(8-14-32)70-76-50-40(101(94,95)96)18-24-17-39(100(91,92)93)49(48(61)45(24)52(50)80)75-69-26-5-11-31(12-6-26)79(81)82/h1-23,78,80H,59-61H2,(H,62,64,66)(H,63,65,67)(H,85,86,87)(H,88,89,90)(H,91,92,93)(H,94,95,96). The summed E-state index contributed by atoms with van der Waals surface area (Å²) in [6.45, 7) is 0. The number of azo groups is 5. The lowest BCUT2D eigenvalue weighted by Gasteiger charge is -2.14. The lowest BCUT2D eigenvalue weighted by molar-refractivity contribution is -0.384. The quantitative estimate of drug-likeness (QED) is 0.00439. The molecule has 0 amide bonds. The molecule has 0 spiro atoms. The summed E-state index contributed by atoms with van der Waals surface area (Å²) < 4.78 is 226. The molecule has 0 bridgehead atoms. The summed E-state index contributed by atoms with van der Waals surface area (Å²) in [5.41, 5.74) is 11.7. The molecule has 101 heavy (non-hydrogen) atoms. The molecule has 0 saturated heterocycles. The van der Waals surface area contributed by atoms with Crippen LogP contribution in [-0.4, -0.2) is 90.3 Å². The monoisotopic (exact) mass is 1490 g/mol. The van der Waals surface area contributed by atoms with Crippen LogP contribution in [0.1, 0.15) is 0 Å². The molecule has 8 aromatic carbocycles. The number of sulfonamides is 1. The number of hydrogen-bond acceptors (Lipinski definition) is 32. The van der Waals surface area contributed by atoms with E-state index in [1.165, 1.54) is 24.3 Å². The van der Waals surface area contributed by atoms with Crippen LogP contribution in [0.2, 0.25) is 0 Å². The molecule has 0 atom stereocenters. The minimum absolute atomic E-state index is 0.0351. The summed E-state index contributed by atoms with van der Waals surface area (Å²) >= 11 is 0. The summed E-state index contributed by atoms with van der Waals surface area (Å²) in [6.07, 6.45) is -2.97. The van der Waals surface area contributed by atoms with E-state index in [9.17, 15) is 93.1 Å². The lowest BCUT2D eigenvalue weighted by atomic mass is 10.1. The predicted molar refractivity (Wildman–Crippen MR) is 346 cm³/mol. The highest BCUT2D eigenvalue weighted by molar-refractivity contribution is 7.92. The Bertz CT molecular complexity index is 5820. The van der Waals surface area contributed by atoms with Crippen LogP contribution >= 0.6 is 0 Å². The number of nitro benzene ring substituents is 1. The number of nitrogens with two attached hydrogens (primary N) is 3. The summed E-state index contributed by atoms with van der Waals surface area (Å²) in [4.78, 5) is 18.5. The molecule has 47 heteroatoms. The van der Waals surface area contributed by atoms with Crippen LogP contribution in [0.4, 0.5) is 126 Å². The number of nitrogens with zero attached hydrogens (tertiary/aromatic N) is 15. The van der Waals surface area contributed by atoms with Gasteiger partial charge in [-0.25, -0.2) is 8.42 Å². The van der Waals surface area contributed by atoms with Crippen LogP contribution in [0, 0.1) is 34.2 Å². The Kier molecular flexibility index (Phi) is 19.6. The zero-order valence-electron chi connectivity index (χ0n) is 49.4. The minimum atomic E-state index is -5.36. The first-order valence-electron chi connectivity index (χ1n) is 26.9. The Hall–Kier alpha value is -12.5. The van der Waals surface area contributed by atoms with Crippen LogP contribution in [0.25, 0.3) is 10.8 Å². The topological polar surface area (TPSA) is 604 Å². The third kappa shape index (κ3) is 16.7. The number of nitrogens with one attached hydrogen (secondary N) is 3. The van der Waals surface area contributed by atoms with Crippen molar-refractivity contribution in [3.05, 3.63) is 174 Å². The molecule has 2 aromatic heterocycles. The van der Waals surface area contributed by atoms with Crippen molar-refractivity contribution in [1.29, 1.82) is 0 Å². The second-order valence-electron chi connectivity index (χ2n) is 20.0. The second-order valence-corrected chi connectivity index (χ2v) is 27.3. The van der Waals surface area contributed by atoms with Gasteiger partial charge in [-0.2, -0.15) is 86.5 Å². The number of phenolic OH excluding ortho intramolecular Hbond substituents is 1. The van der Waals surface area contributed by atoms with Gasteiger partial charge >= 0.3 is 12.2 Å². The molecule has 0 unspecified atom stereocenters. The molecular weight excluding hydrogens is 1450 g/mol. The molecule has 2 heterocycles. The van der Waals surface area contributed by atoms with Gasteiger partial charge in [0, 0.05) is 41.3 Å². The van der Waals surface area contributed by atoms with Crippen LogP contribution < -0.4 is 32.6 Å². The number of rotatable bonds is 22. The number of nitrogen functional groups attached to an aromatic ring is 3. The van der Waals surface area contributed by atoms with E-state index in [0.717, 1.165) is 91.0 Å². The van der Waals surface area contributed by atoms with Crippen molar-refractivity contribution < 1.29 is 87.9 Å². The fourth-order valence-corrected chi connectivity index (χ4v) is 12.3. The van der Waals surface area contributed by atoms with Gasteiger partial charge in [-0.05, 0) is 121 Å². The van der Waals surface area contributed by atoms with E-state index in [1.807, 2.05) is 0 Å². The summed E-state index contributed by atoms with van der Waals surface area (Å²) in [5, 5.41) is 65.7. The van der Waals surface area contributed by atoms with E-state index in [4.69, 9.17) is 17.2 Å². The number of phenols is 1. The summed E-state index contributed by atoms with van der Waals surface area (Å²) in [6, 6.07) is 22.6. The van der Waals surface area contributed by atoms with Crippen molar-refractivity contribution >= 4 is 170 Å². The Morgan fingerprint density at radius 2 is 0.802 bits per heavy atom. The van der Waals surface area contributed by atoms with Gasteiger partial charge in [0.15, 0.2) is 5.75 Å². The van der Waals surface area contributed by atoms with Crippen molar-refractivity contribution in [3.8, 4) is 5.75 Å². The molecule has 0 aliphatic heterocycles. The fraction of sp³-hybridized carbons (Fsp3) is 0. The van der Waals surface area contributed by atoms with Crippen LogP contribution in [0.3, 0.4) is 0 Å². The largest absolute Gasteiger partial charge is 0.505 e. The third-order valence-electron chi connectivity index (χ3n) is 13.2. The SMILES string of the molecule is Nc1c(N=Nc2ccc(NS(=O)(=O)c3ccc(N=Nc4c(S(=O)(=O)O)cc5cc(S(=O)(=O)O)c(N=Nc6ccc([N+](=O)[O-])cc6)c(N)c5c4O)cc3)cc2)cc(N=Nc2cc(Nc3cc(F)nc(F)n3)ccc2S(=O)(=O)O)c(N)c1N=Nc1cc(Nc2cc(F)nc(F)n2)ccc1S(=O)(=O)O. The maximum Gasteiger partial charge on any atom is 0.313 e. The molecule has 10 aromatic rings. The van der Waals surface area contributed by atoms with E-state index >= 15 is 0 Å². The third-order valence-corrected chi connectivity index (χ3v) is 18.1. The lowest BCUT2D eigenvalue weighted by Crippen LogP contribution is -2.12. The van der Waals surface area contributed by atoms with Crippen molar-refractivity contribution in [1.82, 2.24) is 19.9 Å². The average Bonchev–Trinajstić information content (AvgIpc) is 0.740. The number of fused-ring (bicyclic) bond motifs is 1. The van der Waals surface area contributed by atoms with Crippen molar-refractivity contribution in [2.75, 3.05) is 32.6 Å². The molecule has 14 N–H and O–H groups in total. The molecular formula is C54H37F4N21O17S5. The van der Waals surface area contributed by atoms with E-state index in [1.54, 1.807) is 0 Å². The van der Waals surface area contributed by atoms with Gasteiger partial charge < -0.3 is 32.9 Å². The number of aromatic hydroxyl groups is 1. The molecule has 10 rings (SSSR count). The summed E-state index contributed by atoms with van der Waals surface area (Å²) in [5.74, 6) is -4.65. The maximum absolute atomic E-state index is 13.9. The van der Waals surface area contributed by atoms with Gasteiger partial charge in [-0.15, -0.1) is 35.8 Å². The van der Waals surface area contributed by atoms with Gasteiger partial charge in [0.25, 0.3) is 56.2 Å². The van der Waals surface area contributed by atoms with E-state index in [-0.39, 0.29) is 39.8 Å². The predicted octanol–water partition coefficient (Wildman–Crippen LogP) is 12.7. The van der Waals surface area contributed by atoms with Crippen LogP contribution in [0.5, 0.6) is 5.75 Å². The molecule has 38 nitrogen and oxygen atoms in total. The highest BCUT2D eigenvalue weighted by Gasteiger charge is 2.29. The number of aromatic nitrogens is 4. The first-order chi connectivity index (χ1) is 47.4. The van der Waals surface area contributed by atoms with Crippen molar-refractivity contribution in [2.45, 2.75) is 24.5 Å². The number of nitro groups is 1. The van der Waals surface area contributed by atoms with Gasteiger partial charge in [-0.1, -0.05) is 0 Å². The van der Waals surface area contributed by atoms with Gasteiger partial charge in [0.2, 0.25) is 11.9 Å². The molecule has 0 fully saturated rings. The fourth-order valence-electron chi connectivity index (χ4n) is 8.72. The maximum atomic E-state index is 13.9. The zero-order chi connectivity index (χ0) is 73.3. The highest BCUT2D eigenvalue weighted by Crippen LogP contribution is 2.50. The van der Waals surface area contributed by atoms with E-state index in [2.05, 4.69) is 86.4 Å². The Labute approximate surface area is 562 Å². The van der Waals surface area contributed by atoms with Crippen molar-refractivity contribution in [3.63, 3.8) is 0 Å². The minimum Gasteiger partial charge on any atom is -0.505 e. The highest BCUT2D eigenvalue weighted by atomic mass is 32.2. The van der Waals surface area contributed by atoms with Crippen molar-refractivity contribution in [2.24, 2.45) is 51.1 Å². The normalized spacial score (nSPS) is 12.6. The zero-order valence-corrected chi connectivity index (χ0v) is 53.5. The van der Waals surface area contributed by atoms with E-state index < -0.39 is 189 Å². The molecule has 0 radical (unpaired) electrons. The second kappa shape index (κ2) is 27.8. The average molecular weight is 1490 g/mol. The van der Waals surface area contributed by atoms with Gasteiger partial charge in [-0.3, -0.25) is 33.0 Å².